The molecule has 34 heavy (non-hydrogen) atoms. The number of nitrogens with zero attached hydrogens (tertiary/aromatic N) is 1. The minimum atomic E-state index is -0.381. The average Bonchev–Trinajstić information content (AvgIpc) is 2.83. The highest BCUT2D eigenvalue weighted by molar-refractivity contribution is 6.32. The number of ether oxygens (including phenoxy) is 2. The summed E-state index contributed by atoms with van der Waals surface area (Å²) in [5.41, 5.74) is 1.97. The molecule has 178 valence electrons. The van der Waals surface area contributed by atoms with Crippen molar-refractivity contribution in [2.75, 3.05) is 39.7 Å². The molecule has 0 heterocycles. The predicted octanol–water partition coefficient (Wildman–Crippen LogP) is 4.40. The molecule has 0 bridgehead atoms. The molecular formula is C26H28ClN3O4. The molecule has 0 fully saturated rings. The molecule has 0 saturated carbocycles. The van der Waals surface area contributed by atoms with Gasteiger partial charge in [-0.05, 0) is 50.0 Å². The standard InChI is InChI=1S/C26H28ClN3O4/c1-30(2)22(18-9-5-4-6-10-18)16-28-26(32)20-11-7-8-12-23(20)34-17-25(31)29-19-13-14-24(33-3)21(27)15-19/h4-15,22H,16-17H2,1-3H3,(H,28,32)(H,29,31)/t22-/m1/s1. The fourth-order valence-corrected chi connectivity index (χ4v) is 3.68. The number of amides is 2. The van der Waals surface area contributed by atoms with Crippen LogP contribution in [0.25, 0.3) is 0 Å². The maximum atomic E-state index is 12.9. The Morgan fingerprint density at radius 3 is 2.35 bits per heavy atom. The van der Waals surface area contributed by atoms with Crippen molar-refractivity contribution in [1.82, 2.24) is 10.2 Å². The molecule has 2 N–H and O–H groups in total. The Balaban J connectivity index is 1.60. The largest absolute Gasteiger partial charge is 0.495 e. The number of para-hydroxylation sites is 1. The third-order valence-corrected chi connectivity index (χ3v) is 5.49. The van der Waals surface area contributed by atoms with E-state index in [1.165, 1.54) is 7.11 Å². The highest BCUT2D eigenvalue weighted by atomic mass is 35.5. The third-order valence-electron chi connectivity index (χ3n) is 5.19. The van der Waals surface area contributed by atoms with Gasteiger partial charge in [0.1, 0.15) is 11.5 Å². The average molecular weight is 482 g/mol. The molecule has 3 rings (SSSR count). The Kier molecular flexibility index (Phi) is 8.90. The monoisotopic (exact) mass is 481 g/mol. The van der Waals surface area contributed by atoms with E-state index in [9.17, 15) is 9.59 Å². The van der Waals surface area contributed by atoms with Crippen LogP contribution in [0.5, 0.6) is 11.5 Å². The molecule has 0 aromatic heterocycles. The van der Waals surface area contributed by atoms with E-state index in [1.54, 1.807) is 42.5 Å². The van der Waals surface area contributed by atoms with Gasteiger partial charge in [0.25, 0.3) is 11.8 Å². The van der Waals surface area contributed by atoms with E-state index in [0.29, 0.717) is 34.3 Å². The van der Waals surface area contributed by atoms with Crippen molar-refractivity contribution < 1.29 is 19.1 Å². The minimum absolute atomic E-state index is 0.0142. The molecule has 7 nitrogen and oxygen atoms in total. The van der Waals surface area contributed by atoms with Gasteiger partial charge in [0, 0.05) is 12.2 Å². The van der Waals surface area contributed by atoms with Gasteiger partial charge in [-0.2, -0.15) is 0 Å². The third kappa shape index (κ3) is 6.73. The van der Waals surface area contributed by atoms with Gasteiger partial charge in [0.15, 0.2) is 6.61 Å². The van der Waals surface area contributed by atoms with Crippen molar-refractivity contribution in [3.63, 3.8) is 0 Å². The van der Waals surface area contributed by atoms with E-state index in [4.69, 9.17) is 21.1 Å². The molecule has 8 heteroatoms. The lowest BCUT2D eigenvalue weighted by Crippen LogP contribution is -2.34. The highest BCUT2D eigenvalue weighted by Crippen LogP contribution is 2.27. The summed E-state index contributed by atoms with van der Waals surface area (Å²) in [6.45, 7) is 0.154. The van der Waals surface area contributed by atoms with Crippen LogP contribution in [0.15, 0.2) is 72.8 Å². The van der Waals surface area contributed by atoms with Gasteiger partial charge in [-0.3, -0.25) is 9.59 Å². The maximum absolute atomic E-state index is 12.9. The van der Waals surface area contributed by atoms with E-state index in [-0.39, 0.29) is 24.5 Å². The van der Waals surface area contributed by atoms with E-state index < -0.39 is 0 Å². The summed E-state index contributed by atoms with van der Waals surface area (Å²) in [4.78, 5) is 27.3. The summed E-state index contributed by atoms with van der Waals surface area (Å²) in [5, 5.41) is 6.07. The van der Waals surface area contributed by atoms with Crippen molar-refractivity contribution in [2.45, 2.75) is 6.04 Å². The quantitative estimate of drug-likeness (QED) is 0.448. The summed E-state index contributed by atoms with van der Waals surface area (Å²) >= 11 is 6.10. The Labute approximate surface area is 204 Å². The zero-order valence-electron chi connectivity index (χ0n) is 19.4. The molecular weight excluding hydrogens is 454 g/mol. The van der Waals surface area contributed by atoms with Crippen molar-refractivity contribution in [2.24, 2.45) is 0 Å². The second-order valence-corrected chi connectivity index (χ2v) is 8.19. The SMILES string of the molecule is COc1ccc(NC(=O)COc2ccccc2C(=O)NC[C@H](c2ccccc2)N(C)C)cc1Cl. The Hall–Kier alpha value is -3.55. The summed E-state index contributed by atoms with van der Waals surface area (Å²) in [6, 6.07) is 21.7. The van der Waals surface area contributed by atoms with Crippen LogP contribution >= 0.6 is 11.6 Å². The van der Waals surface area contributed by atoms with Crippen LogP contribution in [0.3, 0.4) is 0 Å². The zero-order valence-corrected chi connectivity index (χ0v) is 20.1. The molecule has 3 aromatic rings. The van der Waals surface area contributed by atoms with E-state index >= 15 is 0 Å². The Morgan fingerprint density at radius 2 is 1.68 bits per heavy atom. The van der Waals surface area contributed by atoms with Crippen LogP contribution in [-0.4, -0.2) is 51.1 Å². The Morgan fingerprint density at radius 1 is 0.971 bits per heavy atom. The first-order valence-electron chi connectivity index (χ1n) is 10.7. The van der Waals surface area contributed by atoms with Gasteiger partial charge >= 0.3 is 0 Å². The number of likely N-dealkylation sites (N-methyl/N-ethyl adjacent to an activating group) is 1. The number of carbonyl (C=O) groups is 2. The first kappa shape index (κ1) is 25.1. The van der Waals surface area contributed by atoms with Crippen molar-refractivity contribution >= 4 is 29.1 Å². The van der Waals surface area contributed by atoms with Gasteiger partial charge in [-0.25, -0.2) is 0 Å². The molecule has 1 atom stereocenters. The maximum Gasteiger partial charge on any atom is 0.262 e. The molecule has 0 spiro atoms. The minimum Gasteiger partial charge on any atom is -0.495 e. The number of rotatable bonds is 10. The van der Waals surface area contributed by atoms with Crippen LogP contribution in [0.1, 0.15) is 22.0 Å². The lowest BCUT2D eigenvalue weighted by atomic mass is 10.1. The molecule has 0 unspecified atom stereocenters. The number of halogens is 1. The molecule has 2 amide bonds. The van der Waals surface area contributed by atoms with Crippen LogP contribution in [-0.2, 0) is 4.79 Å². The van der Waals surface area contributed by atoms with Gasteiger partial charge in [0.2, 0.25) is 0 Å². The molecule has 0 aliphatic carbocycles. The summed E-state index contributed by atoms with van der Waals surface area (Å²) in [6.07, 6.45) is 0. The summed E-state index contributed by atoms with van der Waals surface area (Å²) in [7, 11) is 5.45. The summed E-state index contributed by atoms with van der Waals surface area (Å²) in [5.74, 6) is 0.178. The number of hydrogen-bond acceptors (Lipinski definition) is 5. The number of benzene rings is 3. The van der Waals surface area contributed by atoms with E-state index in [1.807, 2.05) is 49.3 Å². The van der Waals surface area contributed by atoms with Crippen LogP contribution < -0.4 is 20.1 Å². The van der Waals surface area contributed by atoms with Crippen molar-refractivity contribution in [1.29, 1.82) is 0 Å². The number of hydrogen-bond donors (Lipinski definition) is 2. The second kappa shape index (κ2) is 12.1. The lowest BCUT2D eigenvalue weighted by Gasteiger charge is -2.25. The first-order chi connectivity index (χ1) is 16.4. The zero-order chi connectivity index (χ0) is 24.5. The van der Waals surface area contributed by atoms with Gasteiger partial charge in [0.05, 0.1) is 23.7 Å². The van der Waals surface area contributed by atoms with E-state index in [0.717, 1.165) is 5.56 Å². The summed E-state index contributed by atoms with van der Waals surface area (Å²) < 4.78 is 10.8. The van der Waals surface area contributed by atoms with Gasteiger partial charge in [-0.15, -0.1) is 0 Å². The van der Waals surface area contributed by atoms with Gasteiger partial charge < -0.3 is 25.0 Å². The molecule has 0 radical (unpaired) electrons. The number of nitrogens with one attached hydrogen (secondary N) is 2. The van der Waals surface area contributed by atoms with E-state index in [2.05, 4.69) is 10.6 Å². The van der Waals surface area contributed by atoms with Crippen molar-refractivity contribution in [3.05, 3.63) is 88.9 Å². The Bertz CT molecular complexity index is 1120. The smallest absolute Gasteiger partial charge is 0.262 e. The molecule has 0 saturated heterocycles. The first-order valence-corrected chi connectivity index (χ1v) is 11.1. The molecule has 0 aliphatic rings. The van der Waals surface area contributed by atoms with Crippen LogP contribution in [0.4, 0.5) is 5.69 Å². The second-order valence-electron chi connectivity index (χ2n) is 7.78. The highest BCUT2D eigenvalue weighted by Gasteiger charge is 2.18. The van der Waals surface area contributed by atoms with Crippen LogP contribution in [0.2, 0.25) is 5.02 Å². The molecule has 0 aliphatic heterocycles. The number of carbonyl (C=O) groups excluding carboxylic acids is 2. The topological polar surface area (TPSA) is 79.9 Å². The fraction of sp³-hybridized carbons (Fsp3) is 0.231. The van der Waals surface area contributed by atoms with Gasteiger partial charge in [-0.1, -0.05) is 54.1 Å². The normalized spacial score (nSPS) is 11.6. The predicted molar refractivity (Wildman–Crippen MR) is 134 cm³/mol. The fourth-order valence-electron chi connectivity index (χ4n) is 3.42. The number of anilines is 1. The number of methoxy groups -OCH3 is 1. The lowest BCUT2D eigenvalue weighted by molar-refractivity contribution is -0.118. The van der Waals surface area contributed by atoms with Crippen LogP contribution in [0, 0.1) is 0 Å². The molecule has 3 aromatic carbocycles. The van der Waals surface area contributed by atoms with Crippen molar-refractivity contribution in [3.8, 4) is 11.5 Å².